The van der Waals surface area contributed by atoms with Crippen molar-refractivity contribution in [2.45, 2.75) is 50.5 Å². The van der Waals surface area contributed by atoms with E-state index in [2.05, 4.69) is 5.32 Å². The quantitative estimate of drug-likeness (QED) is 0.849. The summed E-state index contributed by atoms with van der Waals surface area (Å²) in [6.45, 7) is 0. The molecule has 24 heavy (non-hydrogen) atoms. The number of carbonyl (C=O) groups is 1. The van der Waals surface area contributed by atoms with Crippen molar-refractivity contribution < 1.29 is 10.0 Å². The third-order valence-corrected chi connectivity index (χ3v) is 6.57. The van der Waals surface area contributed by atoms with E-state index in [-0.39, 0.29) is 11.4 Å². The number of nitrogens with zero attached hydrogens (tertiary/aromatic N) is 1. The van der Waals surface area contributed by atoms with Crippen molar-refractivity contribution in [2.24, 2.45) is 17.8 Å². The van der Waals surface area contributed by atoms with Crippen LogP contribution in [0.1, 0.15) is 44.1 Å². The van der Waals surface area contributed by atoms with Crippen LogP contribution in [0.2, 0.25) is 0 Å². The first kappa shape index (κ1) is 14.4. The fourth-order valence-electron chi connectivity index (χ4n) is 6.15. The molecule has 0 spiro atoms. The highest BCUT2D eigenvalue weighted by molar-refractivity contribution is 5.89. The molecule has 2 N–H and O–H groups in total. The fourth-order valence-corrected chi connectivity index (χ4v) is 6.15. The molecule has 6 rings (SSSR count). The zero-order valence-electron chi connectivity index (χ0n) is 13.9. The van der Waals surface area contributed by atoms with Crippen molar-refractivity contribution in [3.63, 3.8) is 0 Å². The Morgan fingerprint density at radius 1 is 1.12 bits per heavy atom. The molecular formula is C20H24N2O2. The van der Waals surface area contributed by atoms with E-state index in [1.165, 1.54) is 38.5 Å². The number of fused-ring (bicyclic) bond motifs is 1. The number of para-hydroxylation sites is 1. The van der Waals surface area contributed by atoms with Crippen LogP contribution in [0.15, 0.2) is 30.5 Å². The Bertz CT molecular complexity index is 772. The van der Waals surface area contributed by atoms with Crippen molar-refractivity contribution >= 4 is 16.8 Å². The van der Waals surface area contributed by atoms with Gasteiger partial charge in [-0.15, -0.1) is 0 Å². The lowest BCUT2D eigenvalue weighted by molar-refractivity contribution is -0.126. The first-order valence-electron chi connectivity index (χ1n) is 9.19. The third-order valence-electron chi connectivity index (χ3n) is 6.57. The third kappa shape index (κ3) is 2.23. The molecule has 4 bridgehead atoms. The lowest BCUT2D eigenvalue weighted by atomic mass is 9.53. The summed E-state index contributed by atoms with van der Waals surface area (Å²) in [4.78, 5) is 12.7. The molecular weight excluding hydrogens is 300 g/mol. The lowest BCUT2D eigenvalue weighted by Crippen LogP contribution is -2.60. The highest BCUT2D eigenvalue weighted by atomic mass is 16.5. The van der Waals surface area contributed by atoms with Crippen LogP contribution in [0.5, 0.6) is 0 Å². The zero-order valence-corrected chi connectivity index (χ0v) is 13.9. The second-order valence-corrected chi connectivity index (χ2v) is 8.44. The second-order valence-electron chi connectivity index (χ2n) is 8.44. The predicted molar refractivity (Wildman–Crippen MR) is 91.9 cm³/mol. The molecule has 4 aliphatic rings. The summed E-state index contributed by atoms with van der Waals surface area (Å²) in [5, 5.41) is 14.4. The molecule has 4 nitrogen and oxygen atoms in total. The number of hydrogen-bond acceptors (Lipinski definition) is 2. The molecule has 1 heterocycles. The first-order chi connectivity index (χ1) is 11.6. The van der Waals surface area contributed by atoms with Crippen LogP contribution in [0, 0.1) is 17.8 Å². The molecule has 1 aromatic carbocycles. The number of hydrogen-bond donors (Lipinski definition) is 2. The monoisotopic (exact) mass is 324 g/mol. The van der Waals surface area contributed by atoms with Crippen molar-refractivity contribution in [1.82, 2.24) is 10.0 Å². The predicted octanol–water partition coefficient (Wildman–Crippen LogP) is 3.51. The molecule has 0 aliphatic heterocycles. The van der Waals surface area contributed by atoms with Gasteiger partial charge in [-0.05, 0) is 67.9 Å². The van der Waals surface area contributed by atoms with Gasteiger partial charge in [-0.2, -0.15) is 4.73 Å². The van der Waals surface area contributed by atoms with E-state index in [0.717, 1.165) is 39.0 Å². The molecule has 0 saturated heterocycles. The Morgan fingerprint density at radius 3 is 2.42 bits per heavy atom. The Labute approximate surface area is 141 Å². The van der Waals surface area contributed by atoms with E-state index in [0.29, 0.717) is 6.42 Å². The van der Waals surface area contributed by atoms with Gasteiger partial charge in [-0.1, -0.05) is 18.2 Å². The lowest BCUT2D eigenvalue weighted by Gasteiger charge is -2.56. The summed E-state index contributed by atoms with van der Waals surface area (Å²) in [5.41, 5.74) is 1.72. The minimum absolute atomic E-state index is 0.0589. The second kappa shape index (κ2) is 5.01. The van der Waals surface area contributed by atoms with Gasteiger partial charge < -0.3 is 10.5 Å². The number of carbonyl (C=O) groups excluding carboxylic acids is 1. The van der Waals surface area contributed by atoms with E-state index in [1.807, 2.05) is 24.3 Å². The van der Waals surface area contributed by atoms with Gasteiger partial charge in [-0.3, -0.25) is 4.79 Å². The summed E-state index contributed by atoms with van der Waals surface area (Å²) in [6, 6.07) is 7.68. The molecule has 1 amide bonds. The molecule has 0 unspecified atom stereocenters. The normalized spacial score (nSPS) is 33.9. The van der Waals surface area contributed by atoms with Gasteiger partial charge in [0.05, 0.1) is 11.9 Å². The van der Waals surface area contributed by atoms with Crippen molar-refractivity contribution in [3.05, 3.63) is 36.0 Å². The van der Waals surface area contributed by atoms with Crippen molar-refractivity contribution in [1.29, 1.82) is 0 Å². The maximum Gasteiger partial charge on any atom is 0.224 e. The van der Waals surface area contributed by atoms with E-state index < -0.39 is 0 Å². The Balaban J connectivity index is 1.36. The topological polar surface area (TPSA) is 54.3 Å². The minimum atomic E-state index is 0.0589. The molecule has 4 aliphatic carbocycles. The fraction of sp³-hybridized carbons (Fsp3) is 0.550. The van der Waals surface area contributed by atoms with Gasteiger partial charge in [0.2, 0.25) is 5.91 Å². The Kier molecular flexibility index (Phi) is 3.00. The molecule has 126 valence electrons. The Hall–Kier alpha value is -1.97. The number of rotatable bonds is 3. The summed E-state index contributed by atoms with van der Waals surface area (Å²) in [7, 11) is 0. The maximum absolute atomic E-state index is 12.7. The van der Waals surface area contributed by atoms with Gasteiger partial charge in [-0.25, -0.2) is 0 Å². The molecule has 4 heteroatoms. The Morgan fingerprint density at radius 2 is 1.75 bits per heavy atom. The molecule has 2 aromatic rings. The van der Waals surface area contributed by atoms with Crippen molar-refractivity contribution in [2.75, 3.05) is 0 Å². The van der Waals surface area contributed by atoms with Gasteiger partial charge >= 0.3 is 0 Å². The highest BCUT2D eigenvalue weighted by Gasteiger charge is 2.51. The van der Waals surface area contributed by atoms with Crippen LogP contribution in [0.25, 0.3) is 10.9 Å². The van der Waals surface area contributed by atoms with Crippen LogP contribution in [-0.2, 0) is 11.2 Å². The number of amides is 1. The van der Waals surface area contributed by atoms with Crippen LogP contribution < -0.4 is 5.32 Å². The first-order valence-corrected chi connectivity index (χ1v) is 9.19. The number of benzene rings is 1. The van der Waals surface area contributed by atoms with Crippen LogP contribution in [0.3, 0.4) is 0 Å². The molecule has 1 aromatic heterocycles. The van der Waals surface area contributed by atoms with Gasteiger partial charge in [0.1, 0.15) is 0 Å². The summed E-state index contributed by atoms with van der Waals surface area (Å²) >= 11 is 0. The molecule has 0 atom stereocenters. The number of aromatic nitrogens is 1. The largest absolute Gasteiger partial charge is 0.428 e. The van der Waals surface area contributed by atoms with E-state index in [4.69, 9.17) is 0 Å². The smallest absolute Gasteiger partial charge is 0.224 e. The SMILES string of the molecule is O=C(Cc1cn(O)c2ccccc12)NC12CC3CC(CC(C3)C1)C2. The van der Waals surface area contributed by atoms with E-state index in [1.54, 1.807) is 6.20 Å². The average molecular weight is 324 g/mol. The van der Waals surface area contributed by atoms with E-state index in [9.17, 15) is 10.0 Å². The van der Waals surface area contributed by atoms with Crippen molar-refractivity contribution in [3.8, 4) is 0 Å². The summed E-state index contributed by atoms with van der Waals surface area (Å²) in [5.74, 6) is 2.59. The van der Waals surface area contributed by atoms with Crippen LogP contribution >= 0.6 is 0 Å². The maximum atomic E-state index is 12.7. The number of nitrogens with one attached hydrogen (secondary N) is 1. The molecule has 0 radical (unpaired) electrons. The van der Waals surface area contributed by atoms with Gasteiger partial charge in [0, 0.05) is 17.1 Å². The summed E-state index contributed by atoms with van der Waals surface area (Å²) < 4.78 is 1.13. The average Bonchev–Trinajstić information content (AvgIpc) is 2.82. The summed E-state index contributed by atoms with van der Waals surface area (Å²) in [6.07, 6.45) is 9.68. The van der Waals surface area contributed by atoms with Crippen LogP contribution in [0.4, 0.5) is 0 Å². The van der Waals surface area contributed by atoms with Crippen LogP contribution in [-0.4, -0.2) is 21.4 Å². The minimum Gasteiger partial charge on any atom is -0.428 e. The standard InChI is InChI=1S/C20H24N2O2/c23-19(8-16-12-22(24)18-4-2-1-3-17(16)18)21-20-9-13-5-14(10-20)7-15(6-13)11-20/h1-4,12-15,24H,5-11H2,(H,21,23). The van der Waals surface area contributed by atoms with E-state index >= 15 is 0 Å². The van der Waals surface area contributed by atoms with Gasteiger partial charge in [0.15, 0.2) is 0 Å². The van der Waals surface area contributed by atoms with Gasteiger partial charge in [0.25, 0.3) is 0 Å². The zero-order chi connectivity index (χ0) is 16.3. The highest BCUT2D eigenvalue weighted by Crippen LogP contribution is 2.55. The molecule has 4 fully saturated rings. The molecule has 4 saturated carbocycles.